The van der Waals surface area contributed by atoms with Crippen LogP contribution in [0.15, 0.2) is 85.3 Å². The molecule has 1 amide bonds. The van der Waals surface area contributed by atoms with Gasteiger partial charge in [0.25, 0.3) is 0 Å². The summed E-state index contributed by atoms with van der Waals surface area (Å²) in [5, 5.41) is 7.28. The molecule has 10 heteroatoms. The molecule has 0 saturated carbocycles. The molecule has 1 fully saturated rings. The van der Waals surface area contributed by atoms with Crippen LogP contribution < -0.4 is 10.6 Å². The van der Waals surface area contributed by atoms with E-state index in [-0.39, 0.29) is 30.2 Å². The quantitative estimate of drug-likeness (QED) is 0.332. The van der Waals surface area contributed by atoms with E-state index in [4.69, 9.17) is 23.8 Å². The topological polar surface area (TPSA) is 75.1 Å². The maximum absolute atomic E-state index is 13.2. The van der Waals surface area contributed by atoms with Crippen molar-refractivity contribution in [2.45, 2.75) is 18.5 Å². The zero-order valence-corrected chi connectivity index (χ0v) is 20.6. The van der Waals surface area contributed by atoms with Crippen LogP contribution in [0.25, 0.3) is 5.82 Å². The molecule has 36 heavy (non-hydrogen) atoms. The molecule has 3 aromatic heterocycles. The predicted molar refractivity (Wildman–Crippen MR) is 140 cm³/mol. The maximum atomic E-state index is 13.2. The van der Waals surface area contributed by atoms with Gasteiger partial charge in [-0.1, -0.05) is 17.7 Å². The van der Waals surface area contributed by atoms with E-state index in [0.717, 1.165) is 11.4 Å². The highest BCUT2D eigenvalue weighted by Gasteiger charge is 2.41. The lowest BCUT2D eigenvalue weighted by Crippen LogP contribution is -2.33. The Morgan fingerprint density at radius 3 is 2.64 bits per heavy atom. The predicted octanol–water partition coefficient (Wildman–Crippen LogP) is 5.06. The van der Waals surface area contributed by atoms with Crippen LogP contribution in [0.2, 0.25) is 5.02 Å². The van der Waals surface area contributed by atoms with Gasteiger partial charge in [0.15, 0.2) is 5.11 Å². The van der Waals surface area contributed by atoms with Crippen molar-refractivity contribution in [1.29, 1.82) is 0 Å². The van der Waals surface area contributed by atoms with E-state index in [1.807, 2.05) is 52.1 Å². The van der Waals surface area contributed by atoms with Crippen molar-refractivity contribution in [2.75, 3.05) is 11.9 Å². The van der Waals surface area contributed by atoms with E-state index in [1.165, 1.54) is 24.3 Å². The smallest absolute Gasteiger partial charge is 0.226 e. The molecule has 4 heterocycles. The van der Waals surface area contributed by atoms with Gasteiger partial charge in [0.2, 0.25) is 5.91 Å². The number of anilines is 1. The molecule has 0 spiro atoms. The molecular formula is C26H22ClFN6OS. The van der Waals surface area contributed by atoms with Gasteiger partial charge in [0.1, 0.15) is 11.6 Å². The second kappa shape index (κ2) is 10.4. The number of amides is 1. The second-order valence-corrected chi connectivity index (χ2v) is 9.09. The fourth-order valence-electron chi connectivity index (χ4n) is 4.30. The number of aromatic nitrogens is 3. The maximum Gasteiger partial charge on any atom is 0.226 e. The largest absolute Gasteiger partial charge is 0.352 e. The summed E-state index contributed by atoms with van der Waals surface area (Å²) < 4.78 is 15.2. The number of carbonyl (C=O) groups excluding carboxylic acids is 1. The zero-order valence-electron chi connectivity index (χ0n) is 19.0. The Labute approximate surface area is 217 Å². The summed E-state index contributed by atoms with van der Waals surface area (Å²) in [6.45, 7) is 0.367. The summed E-state index contributed by atoms with van der Waals surface area (Å²) in [4.78, 5) is 23.7. The number of rotatable bonds is 7. The van der Waals surface area contributed by atoms with E-state index in [0.29, 0.717) is 28.2 Å². The Bertz CT molecular complexity index is 1360. The SMILES string of the molecule is O=C(CCN1C(=S)N[C@@H](c2ccccn2)[C@H]1c1cccn1-c1ccc(Cl)cn1)Nc1ccc(F)cc1. The first-order valence-corrected chi connectivity index (χ1v) is 12.1. The van der Waals surface area contributed by atoms with Crippen LogP contribution in [0.5, 0.6) is 0 Å². The number of hydrogen-bond donors (Lipinski definition) is 2. The fourth-order valence-corrected chi connectivity index (χ4v) is 4.74. The third kappa shape index (κ3) is 5.07. The van der Waals surface area contributed by atoms with E-state index in [1.54, 1.807) is 18.5 Å². The lowest BCUT2D eigenvalue weighted by atomic mass is 10.0. The number of thiocarbonyl (C=S) groups is 1. The Morgan fingerprint density at radius 2 is 1.92 bits per heavy atom. The van der Waals surface area contributed by atoms with Crippen molar-refractivity contribution in [3.8, 4) is 5.82 Å². The van der Waals surface area contributed by atoms with Crippen molar-refractivity contribution in [1.82, 2.24) is 24.8 Å². The van der Waals surface area contributed by atoms with Crippen LogP contribution in [-0.2, 0) is 4.79 Å². The monoisotopic (exact) mass is 520 g/mol. The highest BCUT2D eigenvalue weighted by atomic mass is 35.5. The normalized spacial score (nSPS) is 17.2. The Hall–Kier alpha value is -3.82. The minimum Gasteiger partial charge on any atom is -0.352 e. The van der Waals surface area contributed by atoms with Gasteiger partial charge in [0, 0.05) is 42.9 Å². The Balaban J connectivity index is 1.43. The minimum absolute atomic E-state index is 0.185. The average Bonchev–Trinajstić information content (AvgIpc) is 3.49. The molecule has 1 aliphatic rings. The van der Waals surface area contributed by atoms with Crippen LogP contribution in [-0.4, -0.2) is 37.0 Å². The number of benzene rings is 1. The third-order valence-electron chi connectivity index (χ3n) is 5.95. The van der Waals surface area contributed by atoms with Crippen molar-refractivity contribution in [2.24, 2.45) is 0 Å². The summed E-state index contributed by atoms with van der Waals surface area (Å²) in [6, 6.07) is 18.5. The summed E-state index contributed by atoms with van der Waals surface area (Å²) in [7, 11) is 0. The molecule has 0 bridgehead atoms. The third-order valence-corrected chi connectivity index (χ3v) is 6.52. The summed E-state index contributed by atoms with van der Waals surface area (Å²) in [6.07, 6.45) is 5.47. The average molecular weight is 521 g/mol. The molecule has 5 rings (SSSR count). The first-order valence-electron chi connectivity index (χ1n) is 11.3. The molecular weight excluding hydrogens is 499 g/mol. The van der Waals surface area contributed by atoms with Gasteiger partial charge in [-0.05, 0) is 72.9 Å². The van der Waals surface area contributed by atoms with Gasteiger partial charge in [-0.15, -0.1) is 0 Å². The molecule has 7 nitrogen and oxygen atoms in total. The number of carbonyl (C=O) groups is 1. The number of nitrogens with zero attached hydrogens (tertiary/aromatic N) is 4. The second-order valence-electron chi connectivity index (χ2n) is 8.26. The van der Waals surface area contributed by atoms with Gasteiger partial charge in [-0.3, -0.25) is 9.78 Å². The lowest BCUT2D eigenvalue weighted by Gasteiger charge is -2.28. The van der Waals surface area contributed by atoms with Crippen LogP contribution in [0.1, 0.15) is 29.9 Å². The highest BCUT2D eigenvalue weighted by molar-refractivity contribution is 7.80. The first-order chi connectivity index (χ1) is 17.5. The van der Waals surface area contributed by atoms with E-state index in [9.17, 15) is 9.18 Å². The zero-order chi connectivity index (χ0) is 25.1. The van der Waals surface area contributed by atoms with Crippen LogP contribution >= 0.6 is 23.8 Å². The van der Waals surface area contributed by atoms with Crippen molar-refractivity contribution >= 4 is 40.5 Å². The molecule has 0 unspecified atom stereocenters. The standard InChI is InChI=1S/C26H22ClFN6OS/c27-17-6-11-22(30-16-17)33-14-3-5-21(33)25-24(20-4-1-2-13-29-20)32-26(36)34(25)15-12-23(35)31-19-9-7-18(28)8-10-19/h1-11,13-14,16,24-25H,12,15H2,(H,31,35)(H,32,36)/t24-,25+/m0/s1. The molecule has 1 saturated heterocycles. The first kappa shape index (κ1) is 23.9. The summed E-state index contributed by atoms with van der Waals surface area (Å²) in [5.41, 5.74) is 2.31. The highest BCUT2D eigenvalue weighted by Crippen LogP contribution is 2.39. The minimum atomic E-state index is -0.358. The Kier molecular flexibility index (Phi) is 6.92. The fraction of sp³-hybridized carbons (Fsp3) is 0.154. The van der Waals surface area contributed by atoms with Crippen molar-refractivity contribution in [3.05, 3.63) is 108 Å². The molecule has 0 radical (unpaired) electrons. The lowest BCUT2D eigenvalue weighted by molar-refractivity contribution is -0.116. The Morgan fingerprint density at radius 1 is 1.08 bits per heavy atom. The van der Waals surface area contributed by atoms with Gasteiger partial charge in [-0.25, -0.2) is 9.37 Å². The summed E-state index contributed by atoms with van der Waals surface area (Å²) >= 11 is 11.8. The molecule has 1 aliphatic heterocycles. The van der Waals surface area contributed by atoms with Crippen LogP contribution in [0.4, 0.5) is 10.1 Å². The van der Waals surface area contributed by atoms with Gasteiger partial charge < -0.3 is 20.1 Å². The van der Waals surface area contributed by atoms with Crippen LogP contribution in [0, 0.1) is 5.82 Å². The van der Waals surface area contributed by atoms with Gasteiger partial charge in [-0.2, -0.15) is 0 Å². The van der Waals surface area contributed by atoms with E-state index < -0.39 is 0 Å². The van der Waals surface area contributed by atoms with Crippen LogP contribution in [0.3, 0.4) is 0 Å². The van der Waals surface area contributed by atoms with Gasteiger partial charge in [0.05, 0.1) is 22.8 Å². The molecule has 2 atom stereocenters. The molecule has 0 aliphatic carbocycles. The number of halogens is 2. The number of pyridine rings is 2. The van der Waals surface area contributed by atoms with Gasteiger partial charge >= 0.3 is 0 Å². The molecule has 4 aromatic rings. The van der Waals surface area contributed by atoms with E-state index in [2.05, 4.69) is 20.6 Å². The van der Waals surface area contributed by atoms with Crippen molar-refractivity contribution < 1.29 is 9.18 Å². The number of hydrogen-bond acceptors (Lipinski definition) is 4. The molecule has 2 N–H and O–H groups in total. The van der Waals surface area contributed by atoms with E-state index >= 15 is 0 Å². The molecule has 182 valence electrons. The van der Waals surface area contributed by atoms with Crippen molar-refractivity contribution in [3.63, 3.8) is 0 Å². The molecule has 1 aromatic carbocycles. The number of nitrogens with one attached hydrogen (secondary N) is 2. The summed E-state index contributed by atoms with van der Waals surface area (Å²) in [5.74, 6) is 0.160.